The minimum absolute atomic E-state index is 0. The van der Waals surface area contributed by atoms with Gasteiger partial charge in [-0.15, -0.1) is 12.4 Å². The summed E-state index contributed by atoms with van der Waals surface area (Å²) in [5, 5.41) is 20.4. The van der Waals surface area contributed by atoms with Gasteiger partial charge in [-0.25, -0.2) is 4.98 Å². The van der Waals surface area contributed by atoms with Gasteiger partial charge < -0.3 is 20.6 Å². The van der Waals surface area contributed by atoms with Gasteiger partial charge in [0.25, 0.3) is 0 Å². The summed E-state index contributed by atoms with van der Waals surface area (Å²) >= 11 is 0. The van der Waals surface area contributed by atoms with Crippen molar-refractivity contribution in [2.24, 2.45) is 13.0 Å². The number of hydrogen-bond acceptors (Lipinski definition) is 6. The maximum Gasteiger partial charge on any atom is 0.305 e. The average Bonchev–Trinajstić information content (AvgIpc) is 3.30. The summed E-state index contributed by atoms with van der Waals surface area (Å²) in [6, 6.07) is 11.5. The van der Waals surface area contributed by atoms with Crippen LogP contribution in [0.5, 0.6) is 0 Å². The third-order valence-corrected chi connectivity index (χ3v) is 8.11. The fourth-order valence-electron chi connectivity index (χ4n) is 6.05. The number of aryl methyl sites for hydroxylation is 4. The van der Waals surface area contributed by atoms with Crippen LogP contribution in [0.4, 0.5) is 5.82 Å². The summed E-state index contributed by atoms with van der Waals surface area (Å²) in [5.41, 5.74) is 6.17. The van der Waals surface area contributed by atoms with Crippen molar-refractivity contribution in [2.75, 3.05) is 31.5 Å². The first-order valence-electron chi connectivity index (χ1n) is 14.4. The number of likely N-dealkylation sites (tertiary alicyclic amines) is 1. The molecule has 10 heteroatoms. The second kappa shape index (κ2) is 14.0. The maximum atomic E-state index is 13.4. The summed E-state index contributed by atoms with van der Waals surface area (Å²) < 4.78 is 1.81. The Morgan fingerprint density at radius 3 is 2.85 bits per heavy atom. The van der Waals surface area contributed by atoms with Gasteiger partial charge in [-0.2, -0.15) is 5.10 Å². The first-order valence-corrected chi connectivity index (χ1v) is 14.4. The second-order valence-electron chi connectivity index (χ2n) is 11.2. The Labute approximate surface area is 248 Å². The molecule has 0 aliphatic carbocycles. The monoisotopic (exact) mass is 580 g/mol. The molecule has 3 aromatic rings. The number of amides is 1. The molecule has 3 N–H and O–H groups in total. The van der Waals surface area contributed by atoms with Crippen molar-refractivity contribution >= 4 is 30.1 Å². The zero-order valence-electron chi connectivity index (χ0n) is 23.9. The topological polar surface area (TPSA) is 112 Å². The van der Waals surface area contributed by atoms with Crippen molar-refractivity contribution in [1.29, 1.82) is 0 Å². The Morgan fingerprint density at radius 1 is 1.22 bits per heavy atom. The van der Waals surface area contributed by atoms with E-state index in [2.05, 4.69) is 32.8 Å². The van der Waals surface area contributed by atoms with Crippen molar-refractivity contribution in [3.05, 3.63) is 65.0 Å². The Hall–Kier alpha value is -3.43. The van der Waals surface area contributed by atoms with Crippen molar-refractivity contribution in [1.82, 2.24) is 25.0 Å². The van der Waals surface area contributed by atoms with E-state index in [0.717, 1.165) is 92.1 Å². The van der Waals surface area contributed by atoms with Crippen LogP contribution in [0.15, 0.2) is 42.6 Å². The lowest BCUT2D eigenvalue weighted by Gasteiger charge is -2.33. The van der Waals surface area contributed by atoms with Gasteiger partial charge in [-0.1, -0.05) is 24.3 Å². The number of carboxylic acid groups (broad SMARTS) is 1. The zero-order valence-corrected chi connectivity index (χ0v) is 24.8. The van der Waals surface area contributed by atoms with E-state index in [-0.39, 0.29) is 30.7 Å². The summed E-state index contributed by atoms with van der Waals surface area (Å²) in [6.45, 7) is 5.58. The Balaban J connectivity index is 0.00000387. The van der Waals surface area contributed by atoms with Crippen LogP contribution in [0.2, 0.25) is 0 Å². The molecule has 2 aliphatic rings. The molecule has 0 radical (unpaired) electrons. The van der Waals surface area contributed by atoms with Crippen LogP contribution < -0.4 is 10.6 Å². The number of anilines is 1. The Kier molecular flexibility index (Phi) is 10.4. The SMILES string of the molecule is Cc1cnn(C)c1-c1cccc([C@H](CC(=O)O)NC(=O)[C@@H]2CCCN(CCCc3ccc4c(n3)NCCC4)C2)c1.Cl. The Bertz CT molecular complexity index is 1340. The Morgan fingerprint density at radius 2 is 2.07 bits per heavy atom. The van der Waals surface area contributed by atoms with Crippen molar-refractivity contribution in [3.63, 3.8) is 0 Å². The molecule has 9 nitrogen and oxygen atoms in total. The quantitative estimate of drug-likeness (QED) is 0.322. The molecule has 41 heavy (non-hydrogen) atoms. The molecule has 4 heterocycles. The average molecular weight is 581 g/mol. The second-order valence-corrected chi connectivity index (χ2v) is 11.2. The van der Waals surface area contributed by atoms with Crippen molar-refractivity contribution in [3.8, 4) is 11.3 Å². The highest BCUT2D eigenvalue weighted by Crippen LogP contribution is 2.28. The van der Waals surface area contributed by atoms with E-state index in [1.165, 1.54) is 5.56 Å². The zero-order chi connectivity index (χ0) is 28.1. The molecule has 5 rings (SSSR count). The number of piperidine rings is 1. The van der Waals surface area contributed by atoms with Gasteiger partial charge in [0.1, 0.15) is 5.82 Å². The molecular weight excluding hydrogens is 540 g/mol. The van der Waals surface area contributed by atoms with Gasteiger partial charge in [-0.05, 0) is 87.4 Å². The first kappa shape index (κ1) is 30.5. The number of benzene rings is 1. The minimum Gasteiger partial charge on any atom is -0.481 e. The van der Waals surface area contributed by atoms with Gasteiger partial charge in [0, 0.05) is 31.4 Å². The molecular formula is C31H41ClN6O3. The maximum absolute atomic E-state index is 13.4. The van der Waals surface area contributed by atoms with Crippen LogP contribution in [-0.2, 0) is 29.5 Å². The summed E-state index contributed by atoms with van der Waals surface area (Å²) in [4.78, 5) is 32.3. The van der Waals surface area contributed by atoms with Gasteiger partial charge in [0.2, 0.25) is 5.91 Å². The molecule has 0 spiro atoms. The summed E-state index contributed by atoms with van der Waals surface area (Å²) in [6.07, 6.45) is 7.57. The van der Waals surface area contributed by atoms with Gasteiger partial charge >= 0.3 is 5.97 Å². The number of pyridine rings is 1. The lowest BCUT2D eigenvalue weighted by Crippen LogP contribution is -2.44. The number of aromatic nitrogens is 3. The molecule has 2 aromatic heterocycles. The lowest BCUT2D eigenvalue weighted by atomic mass is 9.94. The highest BCUT2D eigenvalue weighted by Gasteiger charge is 2.28. The van der Waals surface area contributed by atoms with Crippen LogP contribution in [0, 0.1) is 12.8 Å². The number of halogens is 1. The van der Waals surface area contributed by atoms with Crippen LogP contribution in [0.1, 0.15) is 60.5 Å². The molecule has 0 unspecified atom stereocenters. The van der Waals surface area contributed by atoms with Crippen LogP contribution in [-0.4, -0.2) is 62.8 Å². The predicted molar refractivity (Wildman–Crippen MR) is 162 cm³/mol. The minimum atomic E-state index is -0.941. The molecule has 0 saturated carbocycles. The molecule has 1 aromatic carbocycles. The van der Waals surface area contributed by atoms with Gasteiger partial charge in [0.05, 0.1) is 30.3 Å². The molecule has 1 amide bonds. The number of rotatable bonds is 10. The number of hydrogen-bond donors (Lipinski definition) is 3. The van der Waals surface area contributed by atoms with E-state index < -0.39 is 12.0 Å². The number of aliphatic carboxylic acids is 1. The molecule has 2 aliphatic heterocycles. The van der Waals surface area contributed by atoms with E-state index in [0.29, 0.717) is 6.54 Å². The normalized spacial score (nSPS) is 17.6. The standard InChI is InChI=1S/C31H40N6O3.ClH/c1-21-19-33-36(2)29(21)24-8-3-7-23(17-24)27(18-28(38)39)35-31(40)25-10-5-15-37(20-25)16-6-11-26-13-12-22-9-4-14-32-30(22)34-26;/h3,7-8,12-13,17,19,25,27H,4-6,9-11,14-16,18,20H2,1-2H3,(H,32,34)(H,35,40)(H,38,39);1H/t25-,27+;/m1./s1. The number of nitrogens with one attached hydrogen (secondary N) is 2. The predicted octanol–water partition coefficient (Wildman–Crippen LogP) is 4.55. The summed E-state index contributed by atoms with van der Waals surface area (Å²) in [5.74, 6) is -0.127. The van der Waals surface area contributed by atoms with Crippen LogP contribution >= 0.6 is 12.4 Å². The van der Waals surface area contributed by atoms with E-state index in [1.807, 2.05) is 49.1 Å². The molecule has 220 valence electrons. The summed E-state index contributed by atoms with van der Waals surface area (Å²) in [7, 11) is 1.89. The van der Waals surface area contributed by atoms with Gasteiger partial charge in [-0.3, -0.25) is 14.3 Å². The third kappa shape index (κ3) is 7.65. The van der Waals surface area contributed by atoms with Crippen LogP contribution in [0.3, 0.4) is 0 Å². The molecule has 1 saturated heterocycles. The van der Waals surface area contributed by atoms with E-state index in [1.54, 1.807) is 0 Å². The molecule has 0 bridgehead atoms. The number of nitrogens with zero attached hydrogens (tertiary/aromatic N) is 4. The van der Waals surface area contributed by atoms with Crippen LogP contribution in [0.25, 0.3) is 11.3 Å². The smallest absolute Gasteiger partial charge is 0.305 e. The number of carbonyl (C=O) groups is 2. The highest BCUT2D eigenvalue weighted by molar-refractivity contribution is 5.85. The fourth-order valence-corrected chi connectivity index (χ4v) is 6.05. The van der Waals surface area contributed by atoms with E-state index in [9.17, 15) is 14.7 Å². The number of fused-ring (bicyclic) bond motifs is 1. The van der Waals surface area contributed by atoms with E-state index >= 15 is 0 Å². The largest absolute Gasteiger partial charge is 0.481 e. The molecule has 2 atom stereocenters. The third-order valence-electron chi connectivity index (χ3n) is 8.11. The number of carboxylic acids is 1. The fraction of sp³-hybridized carbons (Fsp3) is 0.484. The molecule has 1 fully saturated rings. The van der Waals surface area contributed by atoms with Gasteiger partial charge in [0.15, 0.2) is 0 Å². The van der Waals surface area contributed by atoms with Crippen molar-refractivity contribution < 1.29 is 14.7 Å². The first-order chi connectivity index (χ1) is 19.4. The van der Waals surface area contributed by atoms with Crippen molar-refractivity contribution in [2.45, 2.75) is 57.9 Å². The van der Waals surface area contributed by atoms with E-state index in [4.69, 9.17) is 4.98 Å². The number of carbonyl (C=O) groups excluding carboxylic acids is 1. The highest BCUT2D eigenvalue weighted by atomic mass is 35.5. The lowest BCUT2D eigenvalue weighted by molar-refractivity contribution is -0.138.